The van der Waals surface area contributed by atoms with Gasteiger partial charge in [0.1, 0.15) is 0 Å². The Morgan fingerprint density at radius 2 is 0.219 bits per heavy atom. The normalized spacial score (nSPS) is 10.9. The van der Waals surface area contributed by atoms with Gasteiger partial charge in [0.2, 0.25) is 0 Å². The van der Waals surface area contributed by atoms with Crippen LogP contribution in [0.1, 0.15) is 0 Å². The molecule has 0 saturated heterocycles. The van der Waals surface area contributed by atoms with Crippen molar-refractivity contribution in [3.8, 4) is 0 Å². The molecule has 0 unspecified atom stereocenters. The highest BCUT2D eigenvalue weighted by molar-refractivity contribution is 7.81. The van der Waals surface area contributed by atoms with Crippen molar-refractivity contribution in [2.24, 2.45) is 0 Å². The lowest BCUT2D eigenvalue weighted by molar-refractivity contribution is 0.378. The van der Waals surface area contributed by atoms with E-state index in [4.69, 9.17) is 105 Å². The van der Waals surface area contributed by atoms with Gasteiger partial charge in [-0.15, -0.1) is 0 Å². The number of hydrogen-bond donors (Lipinski definition) is 14. The predicted molar refractivity (Wildman–Crippen MR) is 95.1 cm³/mol. The molecule has 0 amide bonds. The predicted octanol–water partition coefficient (Wildman–Crippen LogP) is -3.59. The van der Waals surface area contributed by atoms with Crippen LogP contribution in [0, 0.1) is 0 Å². The third-order valence-electron chi connectivity index (χ3n) is 0. The second kappa shape index (κ2) is 20.7. The standard InChI is InChI=1S/2H3N.6H2O4S/c;;6*1-5(2,3)4/h2*1H3;6*(H2,1,2,3,4). The molecule has 26 nitrogen and oxygen atoms in total. The van der Waals surface area contributed by atoms with Crippen LogP contribution in [0.3, 0.4) is 0 Å². The molecule has 0 saturated carbocycles. The van der Waals surface area contributed by atoms with Crippen LogP contribution in [0.25, 0.3) is 0 Å². The summed E-state index contributed by atoms with van der Waals surface area (Å²) in [7, 11) is -28.0. The maximum atomic E-state index is 8.74. The summed E-state index contributed by atoms with van der Waals surface area (Å²) in [5.74, 6) is 0. The molecule has 18 N–H and O–H groups in total. The van der Waals surface area contributed by atoms with E-state index >= 15 is 0 Å². The van der Waals surface area contributed by atoms with E-state index in [0.29, 0.717) is 0 Å². The fourth-order valence-corrected chi connectivity index (χ4v) is 0. The Morgan fingerprint density at radius 1 is 0.219 bits per heavy atom. The molecule has 0 atom stereocenters. The third-order valence-corrected chi connectivity index (χ3v) is 0. The molecule has 32 heavy (non-hydrogen) atoms. The van der Waals surface area contributed by atoms with Crippen molar-refractivity contribution in [3.05, 3.63) is 0 Å². The summed E-state index contributed by atoms with van der Waals surface area (Å²) < 4.78 is 190. The van der Waals surface area contributed by atoms with Crippen molar-refractivity contribution in [1.29, 1.82) is 0 Å². The van der Waals surface area contributed by atoms with Crippen LogP contribution in [0.2, 0.25) is 0 Å². The molecule has 0 rings (SSSR count). The van der Waals surface area contributed by atoms with Crippen molar-refractivity contribution in [1.82, 2.24) is 12.3 Å². The van der Waals surface area contributed by atoms with Gasteiger partial charge in [-0.1, -0.05) is 0 Å². The van der Waals surface area contributed by atoms with Crippen LogP contribution < -0.4 is 12.3 Å². The second-order valence-corrected chi connectivity index (χ2v) is 8.06. The summed E-state index contributed by atoms with van der Waals surface area (Å²) in [4.78, 5) is 0. The SMILES string of the molecule is N.N.O=S(=O)(O)O.O=S(=O)(O)O.O=S(=O)(O)O.O=S(=O)(O)O.O=S(=O)(O)O.O=S(=O)(O)O. The summed E-state index contributed by atoms with van der Waals surface area (Å²) >= 11 is 0. The molecule has 0 radical (unpaired) electrons. The van der Waals surface area contributed by atoms with E-state index in [1.165, 1.54) is 0 Å². The molecular formula is H18N2O24S6. The van der Waals surface area contributed by atoms with Gasteiger partial charge < -0.3 is 12.3 Å². The number of hydrogen-bond acceptors (Lipinski definition) is 14. The first-order valence-corrected chi connectivity index (χ1v) is 12.6. The largest absolute Gasteiger partial charge is 0.394 e. The summed E-state index contributed by atoms with van der Waals surface area (Å²) in [6.45, 7) is 0. The van der Waals surface area contributed by atoms with E-state index in [9.17, 15) is 0 Å². The number of rotatable bonds is 0. The van der Waals surface area contributed by atoms with Gasteiger partial charge in [0.25, 0.3) is 0 Å². The highest BCUT2D eigenvalue weighted by atomic mass is 32.3. The second-order valence-electron chi connectivity index (χ2n) is 2.69. The van der Waals surface area contributed by atoms with Crippen LogP contribution in [0.5, 0.6) is 0 Å². The maximum Gasteiger partial charge on any atom is 0.394 e. The topological polar surface area (TPSA) is 518 Å². The van der Waals surface area contributed by atoms with E-state index in [1.54, 1.807) is 0 Å². The monoisotopic (exact) mass is 622 g/mol. The van der Waals surface area contributed by atoms with Crippen molar-refractivity contribution in [2.45, 2.75) is 0 Å². The molecule has 0 aromatic carbocycles. The quantitative estimate of drug-likeness (QED) is 0.116. The summed E-state index contributed by atoms with van der Waals surface area (Å²) in [5, 5.41) is 0. The molecule has 32 heteroatoms. The van der Waals surface area contributed by atoms with Gasteiger partial charge >= 0.3 is 62.4 Å². The molecule has 0 aliphatic heterocycles. The lowest BCUT2D eigenvalue weighted by Gasteiger charge is -1.68. The molecule has 0 bridgehead atoms. The van der Waals surface area contributed by atoms with Crippen LogP contribution in [0.4, 0.5) is 0 Å². The minimum Gasteiger partial charge on any atom is -0.344 e. The summed E-state index contributed by atoms with van der Waals surface area (Å²) in [6, 6.07) is 0. The Bertz CT molecular complexity index is 764. The first kappa shape index (κ1) is 52.8. The summed E-state index contributed by atoms with van der Waals surface area (Å²) in [6.07, 6.45) is 0. The van der Waals surface area contributed by atoms with Gasteiger partial charge in [-0.3, -0.25) is 54.6 Å². The molecule has 0 fully saturated rings. The Morgan fingerprint density at radius 3 is 0.219 bits per heavy atom. The highest BCUT2D eigenvalue weighted by Crippen LogP contribution is 1.61. The zero-order valence-electron chi connectivity index (χ0n) is 14.1. The first-order chi connectivity index (χ1) is 12.0. The maximum absolute atomic E-state index is 8.74. The average molecular weight is 623 g/mol. The van der Waals surface area contributed by atoms with Crippen LogP contribution in [-0.4, -0.2) is 105 Å². The average Bonchev–Trinajstić information content (AvgIpc) is 1.94. The molecule has 208 valence electrons. The fourth-order valence-electron chi connectivity index (χ4n) is 0. The minimum atomic E-state index is -4.67. The molecule has 0 aromatic rings. The van der Waals surface area contributed by atoms with Crippen molar-refractivity contribution in [3.63, 3.8) is 0 Å². The van der Waals surface area contributed by atoms with E-state index in [-0.39, 0.29) is 12.3 Å². The van der Waals surface area contributed by atoms with Gasteiger partial charge in [0.15, 0.2) is 0 Å². The van der Waals surface area contributed by atoms with Crippen molar-refractivity contribution < 1.29 is 105 Å². The smallest absolute Gasteiger partial charge is 0.344 e. The molecular weight excluding hydrogens is 604 g/mol. The van der Waals surface area contributed by atoms with E-state index < -0.39 is 62.4 Å². The van der Waals surface area contributed by atoms with Gasteiger partial charge in [0.05, 0.1) is 0 Å². The minimum absolute atomic E-state index is 0. The van der Waals surface area contributed by atoms with Gasteiger partial charge in [-0.25, -0.2) is 0 Å². The fraction of sp³-hybridized carbons (Fsp3) is 0. The third kappa shape index (κ3) is 31200. The molecule has 0 heterocycles. The summed E-state index contributed by atoms with van der Waals surface area (Å²) in [5.41, 5.74) is 0. The molecule has 0 aliphatic carbocycles. The Hall–Kier alpha value is -0.860. The van der Waals surface area contributed by atoms with Crippen molar-refractivity contribution >= 4 is 62.4 Å². The zero-order valence-corrected chi connectivity index (χ0v) is 19.0. The lowest BCUT2D eigenvalue weighted by atomic mass is 14.0. The first-order valence-electron chi connectivity index (χ1n) is 4.19. The van der Waals surface area contributed by atoms with Crippen LogP contribution >= 0.6 is 0 Å². The van der Waals surface area contributed by atoms with Crippen LogP contribution in [-0.2, 0) is 62.4 Å². The van der Waals surface area contributed by atoms with E-state index in [0.717, 1.165) is 0 Å². The Balaban J connectivity index is -0.0000000356. The highest BCUT2D eigenvalue weighted by Gasteiger charge is 1.86. The van der Waals surface area contributed by atoms with Crippen LogP contribution in [0.15, 0.2) is 0 Å². The van der Waals surface area contributed by atoms with Gasteiger partial charge in [-0.05, 0) is 0 Å². The van der Waals surface area contributed by atoms with E-state index in [1.807, 2.05) is 0 Å². The lowest BCUT2D eigenvalue weighted by Crippen LogP contribution is -1.89. The molecule has 0 aromatic heterocycles. The van der Waals surface area contributed by atoms with Crippen molar-refractivity contribution in [2.75, 3.05) is 0 Å². The zero-order chi connectivity index (χ0) is 27.0. The molecule has 0 aliphatic rings. The van der Waals surface area contributed by atoms with E-state index in [2.05, 4.69) is 0 Å². The van der Waals surface area contributed by atoms with Gasteiger partial charge in [0, 0.05) is 0 Å². The Kier molecular flexibility index (Phi) is 34.2. The Labute approximate surface area is 179 Å². The molecule has 0 spiro atoms. The van der Waals surface area contributed by atoms with Gasteiger partial charge in [-0.2, -0.15) is 50.5 Å².